The van der Waals surface area contributed by atoms with E-state index in [4.69, 9.17) is 5.11 Å². The molecule has 1 amide bonds. The highest BCUT2D eigenvalue weighted by Gasteiger charge is 2.32. The van der Waals surface area contributed by atoms with Gasteiger partial charge in [-0.05, 0) is 50.3 Å². The zero-order valence-electron chi connectivity index (χ0n) is 12.5. The first kappa shape index (κ1) is 14.1. The van der Waals surface area contributed by atoms with Crippen LogP contribution in [-0.4, -0.2) is 33.2 Å². The average Bonchev–Trinajstić information content (AvgIpc) is 3.26. The lowest BCUT2D eigenvalue weighted by Crippen LogP contribution is -2.37. The third kappa shape index (κ3) is 2.78. The maximum absolute atomic E-state index is 12.4. The van der Waals surface area contributed by atoms with E-state index < -0.39 is 0 Å². The summed E-state index contributed by atoms with van der Waals surface area (Å²) in [5.74, 6) is 1.38. The number of hydrogen-bond acceptors (Lipinski definition) is 3. The van der Waals surface area contributed by atoms with Crippen LogP contribution in [0, 0.1) is 12.8 Å². The number of aryl methyl sites for hydroxylation is 2. The fourth-order valence-electron chi connectivity index (χ4n) is 2.78. The third-order valence-corrected chi connectivity index (χ3v) is 4.31. The smallest absolute Gasteiger partial charge is 0.251 e. The van der Waals surface area contributed by atoms with Crippen molar-refractivity contribution in [3.8, 4) is 0 Å². The molecular formula is C16H21N3O2. The number of amides is 1. The average molecular weight is 287 g/mol. The molecule has 1 aromatic carbocycles. The Bertz CT molecular complexity index is 673. The molecule has 1 unspecified atom stereocenters. The minimum atomic E-state index is -0.0782. The van der Waals surface area contributed by atoms with Crippen molar-refractivity contribution >= 4 is 16.9 Å². The summed E-state index contributed by atoms with van der Waals surface area (Å²) in [6.45, 7) is 2.06. The summed E-state index contributed by atoms with van der Waals surface area (Å²) in [4.78, 5) is 16.8. The molecule has 2 N–H and O–H groups in total. The van der Waals surface area contributed by atoms with Gasteiger partial charge in [0.25, 0.3) is 5.91 Å². The lowest BCUT2D eigenvalue weighted by Gasteiger charge is -2.17. The Morgan fingerprint density at radius 1 is 1.52 bits per heavy atom. The topological polar surface area (TPSA) is 67.2 Å². The molecule has 0 spiro atoms. The van der Waals surface area contributed by atoms with Crippen molar-refractivity contribution in [1.29, 1.82) is 0 Å². The number of fused-ring (bicyclic) bond motifs is 1. The Morgan fingerprint density at radius 3 is 2.95 bits per heavy atom. The van der Waals surface area contributed by atoms with Gasteiger partial charge in [-0.1, -0.05) is 0 Å². The number of hydrogen-bond donors (Lipinski definition) is 2. The van der Waals surface area contributed by atoms with E-state index in [1.807, 2.05) is 36.7 Å². The van der Waals surface area contributed by atoms with Gasteiger partial charge in [0, 0.05) is 25.3 Å². The summed E-state index contributed by atoms with van der Waals surface area (Å²) in [6, 6.07) is 5.69. The fraction of sp³-hybridized carbons (Fsp3) is 0.500. The van der Waals surface area contributed by atoms with Gasteiger partial charge in [-0.15, -0.1) is 0 Å². The highest BCUT2D eigenvalue weighted by Crippen LogP contribution is 2.34. The Kier molecular flexibility index (Phi) is 3.68. The van der Waals surface area contributed by atoms with Crippen LogP contribution in [0.25, 0.3) is 11.0 Å². The molecule has 1 aliphatic carbocycles. The van der Waals surface area contributed by atoms with Crippen LogP contribution in [0.15, 0.2) is 18.2 Å². The molecule has 5 nitrogen and oxygen atoms in total. The summed E-state index contributed by atoms with van der Waals surface area (Å²) in [6.07, 6.45) is 2.91. The number of aromatic nitrogens is 2. The van der Waals surface area contributed by atoms with E-state index in [9.17, 15) is 4.79 Å². The van der Waals surface area contributed by atoms with E-state index in [0.29, 0.717) is 17.9 Å². The van der Waals surface area contributed by atoms with Crippen molar-refractivity contribution < 1.29 is 9.90 Å². The minimum absolute atomic E-state index is 0.0782. The van der Waals surface area contributed by atoms with Crippen molar-refractivity contribution in [3.05, 3.63) is 29.6 Å². The highest BCUT2D eigenvalue weighted by molar-refractivity contribution is 5.97. The van der Waals surface area contributed by atoms with Crippen LogP contribution in [0.3, 0.4) is 0 Å². The van der Waals surface area contributed by atoms with Gasteiger partial charge in [0.1, 0.15) is 5.82 Å². The van der Waals surface area contributed by atoms with Gasteiger partial charge in [-0.2, -0.15) is 0 Å². The van der Waals surface area contributed by atoms with Gasteiger partial charge in [-0.3, -0.25) is 4.79 Å². The molecule has 0 saturated heterocycles. The van der Waals surface area contributed by atoms with Crippen molar-refractivity contribution in [1.82, 2.24) is 14.9 Å². The van der Waals surface area contributed by atoms with E-state index in [-0.39, 0.29) is 18.6 Å². The van der Waals surface area contributed by atoms with E-state index in [1.165, 1.54) is 0 Å². The Balaban J connectivity index is 1.80. The van der Waals surface area contributed by atoms with Gasteiger partial charge in [-0.25, -0.2) is 4.98 Å². The molecule has 1 atom stereocenters. The van der Waals surface area contributed by atoms with Crippen LogP contribution in [0.4, 0.5) is 0 Å². The Morgan fingerprint density at radius 2 is 2.29 bits per heavy atom. The lowest BCUT2D eigenvalue weighted by atomic mass is 10.1. The second-order valence-electron chi connectivity index (χ2n) is 5.85. The molecular weight excluding hydrogens is 266 g/mol. The largest absolute Gasteiger partial charge is 0.396 e. The van der Waals surface area contributed by atoms with Crippen LogP contribution < -0.4 is 5.32 Å². The molecule has 1 fully saturated rings. The van der Waals surface area contributed by atoms with E-state index in [1.54, 1.807) is 0 Å². The molecule has 2 aromatic rings. The lowest BCUT2D eigenvalue weighted by molar-refractivity contribution is 0.0924. The first-order valence-electron chi connectivity index (χ1n) is 7.45. The number of imidazole rings is 1. The van der Waals surface area contributed by atoms with E-state index >= 15 is 0 Å². The zero-order chi connectivity index (χ0) is 15.0. The first-order chi connectivity index (χ1) is 10.1. The van der Waals surface area contributed by atoms with Crippen LogP contribution in [0.5, 0.6) is 0 Å². The summed E-state index contributed by atoms with van der Waals surface area (Å²) in [7, 11) is 1.97. The number of carbonyl (C=O) groups is 1. The van der Waals surface area contributed by atoms with Crippen molar-refractivity contribution in [2.75, 3.05) is 6.61 Å². The Labute approximate surface area is 124 Å². The molecule has 21 heavy (non-hydrogen) atoms. The Hall–Kier alpha value is -1.88. The normalized spacial score (nSPS) is 16.1. The van der Waals surface area contributed by atoms with Gasteiger partial charge in [0.2, 0.25) is 0 Å². The minimum Gasteiger partial charge on any atom is -0.396 e. The molecule has 0 aliphatic heterocycles. The maximum atomic E-state index is 12.4. The van der Waals surface area contributed by atoms with Gasteiger partial charge >= 0.3 is 0 Å². The predicted molar refractivity (Wildman–Crippen MR) is 81.1 cm³/mol. The zero-order valence-corrected chi connectivity index (χ0v) is 12.5. The fourth-order valence-corrected chi connectivity index (χ4v) is 2.78. The molecule has 112 valence electrons. The van der Waals surface area contributed by atoms with Crippen molar-refractivity contribution in [3.63, 3.8) is 0 Å². The highest BCUT2D eigenvalue weighted by atomic mass is 16.3. The number of carbonyl (C=O) groups excluding carboxylic acids is 1. The number of rotatable bonds is 5. The summed E-state index contributed by atoms with van der Waals surface area (Å²) in [5.41, 5.74) is 2.50. The van der Waals surface area contributed by atoms with Gasteiger partial charge < -0.3 is 15.0 Å². The van der Waals surface area contributed by atoms with Crippen LogP contribution >= 0.6 is 0 Å². The molecule has 1 aromatic heterocycles. The van der Waals surface area contributed by atoms with Crippen molar-refractivity contribution in [2.24, 2.45) is 13.0 Å². The maximum Gasteiger partial charge on any atom is 0.251 e. The van der Waals surface area contributed by atoms with Crippen LogP contribution in [0.2, 0.25) is 0 Å². The standard InChI is InChI=1S/C16H21N3O2/c1-10-17-14-9-12(5-6-15(14)19(10)2)16(21)18-13(7-8-20)11-3-4-11/h5-6,9,11,13,20H,3-4,7-8H2,1-2H3,(H,18,21). The molecule has 0 bridgehead atoms. The summed E-state index contributed by atoms with van der Waals surface area (Å²) < 4.78 is 2.01. The predicted octanol–water partition coefficient (Wildman–Crippen LogP) is 1.77. The molecule has 0 radical (unpaired) electrons. The van der Waals surface area contributed by atoms with Gasteiger partial charge in [0.15, 0.2) is 0 Å². The van der Waals surface area contributed by atoms with Crippen molar-refractivity contribution in [2.45, 2.75) is 32.2 Å². The quantitative estimate of drug-likeness (QED) is 0.880. The number of aliphatic hydroxyl groups is 1. The summed E-state index contributed by atoms with van der Waals surface area (Å²) >= 11 is 0. The van der Waals surface area contributed by atoms with Crippen LogP contribution in [0.1, 0.15) is 35.4 Å². The number of nitrogens with one attached hydrogen (secondary N) is 1. The molecule has 1 heterocycles. The van der Waals surface area contributed by atoms with E-state index in [0.717, 1.165) is 29.7 Å². The molecule has 1 saturated carbocycles. The second-order valence-corrected chi connectivity index (χ2v) is 5.85. The SMILES string of the molecule is Cc1nc2cc(C(=O)NC(CCO)C3CC3)ccc2n1C. The number of nitrogens with zero attached hydrogens (tertiary/aromatic N) is 2. The molecule has 3 rings (SSSR count). The van der Waals surface area contributed by atoms with E-state index in [2.05, 4.69) is 10.3 Å². The summed E-state index contributed by atoms with van der Waals surface area (Å²) in [5, 5.41) is 12.2. The molecule has 1 aliphatic rings. The number of aliphatic hydroxyl groups excluding tert-OH is 1. The van der Waals surface area contributed by atoms with Gasteiger partial charge in [0.05, 0.1) is 11.0 Å². The third-order valence-electron chi connectivity index (χ3n) is 4.31. The molecule has 5 heteroatoms. The second kappa shape index (κ2) is 5.48. The van der Waals surface area contributed by atoms with Crippen LogP contribution in [-0.2, 0) is 7.05 Å². The number of benzene rings is 1. The monoisotopic (exact) mass is 287 g/mol. The first-order valence-corrected chi connectivity index (χ1v) is 7.45.